The maximum atomic E-state index is 13.0. The van der Waals surface area contributed by atoms with Crippen molar-refractivity contribution in [2.45, 2.75) is 38.8 Å². The summed E-state index contributed by atoms with van der Waals surface area (Å²) < 4.78 is 38.9. The second-order valence-corrected chi connectivity index (χ2v) is 5.61. The van der Waals surface area contributed by atoms with Gasteiger partial charge in [0.1, 0.15) is 0 Å². The molecule has 2 nitrogen and oxygen atoms in total. The molecule has 0 bridgehead atoms. The average Bonchev–Trinajstić information content (AvgIpc) is 2.47. The summed E-state index contributed by atoms with van der Waals surface area (Å²) in [4.78, 5) is 12.7. The lowest BCUT2D eigenvalue weighted by molar-refractivity contribution is -0.137. The lowest BCUT2D eigenvalue weighted by Crippen LogP contribution is -2.33. The second-order valence-electron chi connectivity index (χ2n) is 5.61. The van der Waals surface area contributed by atoms with Crippen LogP contribution in [0.2, 0.25) is 0 Å². The molecule has 5 heteroatoms. The van der Waals surface area contributed by atoms with Crippen molar-refractivity contribution in [1.82, 2.24) is 0 Å². The van der Waals surface area contributed by atoms with E-state index in [1.807, 2.05) is 4.90 Å². The van der Waals surface area contributed by atoms with Gasteiger partial charge in [-0.3, -0.25) is 4.79 Å². The molecule has 2 rings (SSSR count). The van der Waals surface area contributed by atoms with E-state index in [0.717, 1.165) is 38.4 Å². The van der Waals surface area contributed by atoms with Gasteiger partial charge in [-0.15, -0.1) is 0 Å². The fraction of sp³-hybridized carbons (Fsp3) is 0.562. The molecule has 0 saturated carbocycles. The Balaban J connectivity index is 2.16. The van der Waals surface area contributed by atoms with Crippen molar-refractivity contribution in [3.63, 3.8) is 0 Å². The SMILES string of the molecule is CCCC1CCN(c2ccc(C=O)c(C(F)(F)F)c2)CC1. The number of anilines is 1. The summed E-state index contributed by atoms with van der Waals surface area (Å²) in [6, 6.07) is 3.98. The number of hydrogen-bond donors (Lipinski definition) is 0. The smallest absolute Gasteiger partial charge is 0.372 e. The quantitative estimate of drug-likeness (QED) is 0.761. The minimum Gasteiger partial charge on any atom is -0.372 e. The summed E-state index contributed by atoms with van der Waals surface area (Å²) in [6.07, 6.45) is 0.144. The van der Waals surface area contributed by atoms with Gasteiger partial charge in [0.05, 0.1) is 5.56 Å². The maximum absolute atomic E-state index is 13.0. The molecule has 0 N–H and O–H groups in total. The first-order valence-electron chi connectivity index (χ1n) is 7.37. The monoisotopic (exact) mass is 299 g/mol. The third-order valence-electron chi connectivity index (χ3n) is 4.15. The Hall–Kier alpha value is -1.52. The fourth-order valence-corrected chi connectivity index (χ4v) is 2.98. The predicted octanol–water partition coefficient (Wildman–Crippen LogP) is 4.53. The van der Waals surface area contributed by atoms with E-state index in [1.54, 1.807) is 6.07 Å². The zero-order valence-corrected chi connectivity index (χ0v) is 12.1. The molecule has 0 aromatic heterocycles. The van der Waals surface area contributed by atoms with Gasteiger partial charge in [-0.1, -0.05) is 19.8 Å². The van der Waals surface area contributed by atoms with E-state index >= 15 is 0 Å². The van der Waals surface area contributed by atoms with Crippen LogP contribution >= 0.6 is 0 Å². The van der Waals surface area contributed by atoms with E-state index in [1.165, 1.54) is 12.5 Å². The first-order valence-corrected chi connectivity index (χ1v) is 7.37. The molecular formula is C16H20F3NO. The van der Waals surface area contributed by atoms with Gasteiger partial charge < -0.3 is 4.90 Å². The molecule has 1 saturated heterocycles. The van der Waals surface area contributed by atoms with Gasteiger partial charge in [-0.25, -0.2) is 0 Å². The normalized spacial score (nSPS) is 17.0. The number of carbonyl (C=O) groups is 1. The zero-order chi connectivity index (χ0) is 15.5. The van der Waals surface area contributed by atoms with Crippen LogP contribution in [-0.4, -0.2) is 19.4 Å². The number of alkyl halides is 3. The Morgan fingerprint density at radius 1 is 1.29 bits per heavy atom. The Labute approximate surface area is 122 Å². The summed E-state index contributed by atoms with van der Waals surface area (Å²) in [5, 5.41) is 0. The van der Waals surface area contributed by atoms with Crippen LogP contribution < -0.4 is 4.90 Å². The second kappa shape index (κ2) is 6.50. The van der Waals surface area contributed by atoms with Gasteiger partial charge in [0, 0.05) is 24.3 Å². The lowest BCUT2D eigenvalue weighted by Gasteiger charge is -2.34. The molecule has 1 aliphatic heterocycles. The predicted molar refractivity (Wildman–Crippen MR) is 76.7 cm³/mol. The third kappa shape index (κ3) is 3.77. The number of aldehydes is 1. The van der Waals surface area contributed by atoms with E-state index in [9.17, 15) is 18.0 Å². The summed E-state index contributed by atoms with van der Waals surface area (Å²) in [6.45, 7) is 3.71. The van der Waals surface area contributed by atoms with Crippen molar-refractivity contribution in [2.75, 3.05) is 18.0 Å². The number of rotatable bonds is 4. The molecule has 0 unspecified atom stereocenters. The van der Waals surface area contributed by atoms with E-state index < -0.39 is 11.7 Å². The molecule has 0 spiro atoms. The molecule has 0 amide bonds. The van der Waals surface area contributed by atoms with Crippen LogP contribution in [0.15, 0.2) is 18.2 Å². The van der Waals surface area contributed by atoms with Crippen molar-refractivity contribution < 1.29 is 18.0 Å². The first kappa shape index (κ1) is 15.9. The molecule has 1 heterocycles. The Kier molecular flexibility index (Phi) is 4.91. The number of carbonyl (C=O) groups excluding carboxylic acids is 1. The van der Waals surface area contributed by atoms with Gasteiger partial charge in [0.15, 0.2) is 6.29 Å². The Morgan fingerprint density at radius 2 is 1.95 bits per heavy atom. The number of benzene rings is 1. The zero-order valence-electron chi connectivity index (χ0n) is 12.1. The maximum Gasteiger partial charge on any atom is 0.417 e. The van der Waals surface area contributed by atoms with Gasteiger partial charge >= 0.3 is 6.18 Å². The van der Waals surface area contributed by atoms with Gasteiger partial charge in [-0.2, -0.15) is 13.2 Å². The molecule has 1 fully saturated rings. The van der Waals surface area contributed by atoms with Crippen LogP contribution in [-0.2, 0) is 6.18 Å². The minimum absolute atomic E-state index is 0.264. The minimum atomic E-state index is -4.49. The highest BCUT2D eigenvalue weighted by Gasteiger charge is 2.34. The molecule has 0 radical (unpaired) electrons. The van der Waals surface area contributed by atoms with E-state index in [0.29, 0.717) is 11.6 Å². The summed E-state index contributed by atoms with van der Waals surface area (Å²) >= 11 is 0. The van der Waals surface area contributed by atoms with Gasteiger partial charge in [-0.05, 0) is 37.0 Å². The highest BCUT2D eigenvalue weighted by Crippen LogP contribution is 2.35. The number of halogens is 3. The summed E-state index contributed by atoms with van der Waals surface area (Å²) in [5.74, 6) is 0.683. The van der Waals surface area contributed by atoms with Gasteiger partial charge in [0.25, 0.3) is 0 Å². The van der Waals surface area contributed by atoms with Crippen LogP contribution in [0.25, 0.3) is 0 Å². The van der Waals surface area contributed by atoms with E-state index in [2.05, 4.69) is 6.92 Å². The van der Waals surface area contributed by atoms with Crippen LogP contribution in [0.5, 0.6) is 0 Å². The topological polar surface area (TPSA) is 20.3 Å². The van der Waals surface area contributed by atoms with Gasteiger partial charge in [0.2, 0.25) is 0 Å². The van der Waals surface area contributed by atoms with Crippen molar-refractivity contribution in [3.8, 4) is 0 Å². The number of hydrogen-bond acceptors (Lipinski definition) is 2. The largest absolute Gasteiger partial charge is 0.417 e. The highest BCUT2D eigenvalue weighted by molar-refractivity contribution is 5.79. The summed E-state index contributed by atoms with van der Waals surface area (Å²) in [7, 11) is 0. The van der Waals surface area contributed by atoms with E-state index in [4.69, 9.17) is 0 Å². The molecule has 0 aliphatic carbocycles. The van der Waals surface area contributed by atoms with Crippen molar-refractivity contribution in [3.05, 3.63) is 29.3 Å². The lowest BCUT2D eigenvalue weighted by atomic mass is 9.92. The molecule has 1 aliphatic rings. The average molecular weight is 299 g/mol. The van der Waals surface area contributed by atoms with Crippen LogP contribution in [0.3, 0.4) is 0 Å². The number of piperidine rings is 1. The number of nitrogens with zero attached hydrogens (tertiary/aromatic N) is 1. The van der Waals surface area contributed by atoms with Crippen molar-refractivity contribution >= 4 is 12.0 Å². The molecule has 1 aromatic carbocycles. The highest BCUT2D eigenvalue weighted by atomic mass is 19.4. The molecule has 0 atom stereocenters. The Morgan fingerprint density at radius 3 is 2.48 bits per heavy atom. The molecular weight excluding hydrogens is 279 g/mol. The molecule has 21 heavy (non-hydrogen) atoms. The fourth-order valence-electron chi connectivity index (χ4n) is 2.98. The molecule has 116 valence electrons. The van der Waals surface area contributed by atoms with Crippen molar-refractivity contribution in [2.24, 2.45) is 5.92 Å². The third-order valence-corrected chi connectivity index (χ3v) is 4.15. The molecule has 1 aromatic rings. The first-order chi connectivity index (χ1) is 9.95. The van der Waals surface area contributed by atoms with Crippen molar-refractivity contribution in [1.29, 1.82) is 0 Å². The Bertz CT molecular complexity index is 491. The van der Waals surface area contributed by atoms with Crippen LogP contribution in [0, 0.1) is 5.92 Å². The van der Waals surface area contributed by atoms with E-state index in [-0.39, 0.29) is 11.8 Å². The van der Waals surface area contributed by atoms with Crippen LogP contribution in [0.1, 0.15) is 48.5 Å². The summed E-state index contributed by atoms with van der Waals surface area (Å²) in [5.41, 5.74) is -0.583. The van der Waals surface area contributed by atoms with Crippen LogP contribution in [0.4, 0.5) is 18.9 Å². The standard InChI is InChI=1S/C16H20F3NO/c1-2-3-12-6-8-20(9-7-12)14-5-4-13(11-21)15(10-14)16(17,18)19/h4-5,10-12H,2-3,6-9H2,1H3.